The Balaban J connectivity index is 1.24. The molecule has 5 heteroatoms. The molecule has 1 aliphatic rings. The highest BCUT2D eigenvalue weighted by Gasteiger charge is 2.20. The number of nitrogens with zero attached hydrogens (tertiary/aromatic N) is 1. The fourth-order valence-electron chi connectivity index (χ4n) is 4.98. The Bertz CT molecular complexity index is 1040. The Morgan fingerprint density at radius 3 is 2.73 bits per heavy atom. The van der Waals surface area contributed by atoms with Crippen molar-refractivity contribution in [2.45, 2.75) is 51.9 Å². The summed E-state index contributed by atoms with van der Waals surface area (Å²) >= 11 is 0. The smallest absolute Gasteiger partial charge is 0.437 e. The minimum Gasteiger partial charge on any atom is -0.437 e. The predicted octanol–water partition coefficient (Wildman–Crippen LogP) is 6.15. The molecule has 0 radical (unpaired) electrons. The monoisotopic (exact) mass is 448 g/mol. The second-order valence-corrected chi connectivity index (χ2v) is 9.22. The van der Waals surface area contributed by atoms with Gasteiger partial charge in [-0.05, 0) is 98.8 Å². The van der Waals surface area contributed by atoms with Crippen LogP contribution in [0, 0.1) is 5.92 Å². The molecule has 0 aliphatic carbocycles. The number of nitrogens with one attached hydrogen (secondary N) is 1. The van der Waals surface area contributed by atoms with Crippen LogP contribution in [0.4, 0.5) is 4.79 Å². The summed E-state index contributed by atoms with van der Waals surface area (Å²) in [5, 5.41) is 1.11. The Morgan fingerprint density at radius 2 is 1.94 bits per heavy atom. The number of carbonyl (C=O) groups is 1. The molecule has 1 aromatic heterocycles. The van der Waals surface area contributed by atoms with E-state index in [0.29, 0.717) is 5.75 Å². The van der Waals surface area contributed by atoms with Gasteiger partial charge in [0.15, 0.2) is 0 Å². The highest BCUT2D eigenvalue weighted by molar-refractivity contribution is 5.85. The predicted molar refractivity (Wildman–Crippen MR) is 133 cm³/mol. The van der Waals surface area contributed by atoms with Gasteiger partial charge in [-0.25, -0.2) is 4.79 Å². The van der Waals surface area contributed by atoms with E-state index in [-0.39, 0.29) is 0 Å². The minimum absolute atomic E-state index is 0.513. The average molecular weight is 449 g/mol. The van der Waals surface area contributed by atoms with Gasteiger partial charge in [-0.2, -0.15) is 0 Å². The summed E-state index contributed by atoms with van der Waals surface area (Å²) < 4.78 is 9.77. The van der Waals surface area contributed by atoms with E-state index in [4.69, 9.17) is 4.74 Å². The van der Waals surface area contributed by atoms with Crippen LogP contribution in [-0.4, -0.2) is 42.8 Å². The van der Waals surface area contributed by atoms with Crippen molar-refractivity contribution in [3.63, 3.8) is 0 Å². The molecule has 0 bridgehead atoms. The summed E-state index contributed by atoms with van der Waals surface area (Å²) in [4.78, 5) is 17.4. The molecule has 3 aromatic rings. The first-order chi connectivity index (χ1) is 16.1. The van der Waals surface area contributed by atoms with E-state index in [1.165, 1.54) is 69.1 Å². The molecule has 2 aromatic carbocycles. The standard InChI is InChI=1S/C28H36N2O3/c1-3-21-9-11-22(12-10-21)17-23-7-6-16-30(20-23)15-5-4-8-24-19-29-27-14-13-25(18-26(24)27)33-28(31)32-2/h9-14,18-19,23,29H,3-8,15-17,20H2,1-2H3. The summed E-state index contributed by atoms with van der Waals surface area (Å²) in [5.41, 5.74) is 5.24. The zero-order chi connectivity index (χ0) is 23.0. The van der Waals surface area contributed by atoms with Gasteiger partial charge >= 0.3 is 6.16 Å². The first-order valence-electron chi connectivity index (χ1n) is 12.3. The van der Waals surface area contributed by atoms with Crippen LogP contribution in [0.2, 0.25) is 0 Å². The highest BCUT2D eigenvalue weighted by atomic mass is 16.7. The number of hydrogen-bond acceptors (Lipinski definition) is 4. The molecule has 1 fully saturated rings. The van der Waals surface area contributed by atoms with Crippen LogP contribution in [0.3, 0.4) is 0 Å². The van der Waals surface area contributed by atoms with E-state index in [2.05, 4.69) is 52.0 Å². The average Bonchev–Trinajstić information content (AvgIpc) is 3.24. The van der Waals surface area contributed by atoms with Crippen LogP contribution in [0.25, 0.3) is 10.9 Å². The van der Waals surface area contributed by atoms with Gasteiger partial charge in [-0.15, -0.1) is 0 Å². The molecule has 2 heterocycles. The van der Waals surface area contributed by atoms with Crippen LogP contribution >= 0.6 is 0 Å². The van der Waals surface area contributed by atoms with Crippen molar-refractivity contribution in [2.24, 2.45) is 5.92 Å². The lowest BCUT2D eigenvalue weighted by molar-refractivity contribution is 0.121. The van der Waals surface area contributed by atoms with Gasteiger partial charge in [0, 0.05) is 23.6 Å². The molecule has 1 aliphatic heterocycles. The number of methoxy groups -OCH3 is 1. The summed E-state index contributed by atoms with van der Waals surface area (Å²) in [7, 11) is 1.32. The van der Waals surface area contributed by atoms with Crippen molar-refractivity contribution in [2.75, 3.05) is 26.7 Å². The first kappa shape index (κ1) is 23.4. The van der Waals surface area contributed by atoms with Gasteiger partial charge in [0.1, 0.15) is 5.75 Å². The SMILES string of the molecule is CCc1ccc(CC2CCCN(CCCCc3c[nH]c4ccc(OC(=O)OC)cc34)C2)cc1. The van der Waals surface area contributed by atoms with Crippen LogP contribution in [0.1, 0.15) is 49.3 Å². The lowest BCUT2D eigenvalue weighted by Gasteiger charge is -2.33. The number of benzene rings is 2. The van der Waals surface area contributed by atoms with E-state index in [1.54, 1.807) is 6.07 Å². The second kappa shape index (κ2) is 11.4. The number of piperidine rings is 1. The summed E-state index contributed by atoms with van der Waals surface area (Å²) in [5.74, 6) is 1.28. The van der Waals surface area contributed by atoms with Gasteiger partial charge in [-0.3, -0.25) is 0 Å². The Labute approximate surface area is 197 Å². The minimum atomic E-state index is -0.691. The van der Waals surface area contributed by atoms with E-state index in [9.17, 15) is 4.79 Å². The van der Waals surface area contributed by atoms with E-state index in [0.717, 1.165) is 36.1 Å². The molecule has 1 N–H and O–H groups in total. The maximum absolute atomic E-state index is 11.4. The Morgan fingerprint density at radius 1 is 1.12 bits per heavy atom. The number of rotatable bonds is 9. The van der Waals surface area contributed by atoms with Crippen molar-refractivity contribution in [3.05, 3.63) is 65.4 Å². The number of aryl methyl sites for hydroxylation is 2. The van der Waals surface area contributed by atoms with Gasteiger partial charge in [0.05, 0.1) is 7.11 Å². The number of carbonyl (C=O) groups excluding carboxylic acids is 1. The molecule has 0 spiro atoms. The Hall–Kier alpha value is -2.79. The maximum atomic E-state index is 11.4. The maximum Gasteiger partial charge on any atom is 0.513 e. The molecule has 176 valence electrons. The molecule has 1 saturated heterocycles. The molecule has 5 nitrogen and oxygen atoms in total. The topological polar surface area (TPSA) is 54.6 Å². The van der Waals surface area contributed by atoms with Gasteiger partial charge in [0.25, 0.3) is 0 Å². The van der Waals surface area contributed by atoms with Crippen molar-refractivity contribution in [1.82, 2.24) is 9.88 Å². The molecule has 1 atom stereocenters. The quantitative estimate of drug-likeness (QED) is 0.242. The molecule has 4 rings (SSSR count). The number of unbranched alkanes of at least 4 members (excludes halogenated alkanes) is 1. The second-order valence-electron chi connectivity index (χ2n) is 9.22. The third-order valence-corrected chi connectivity index (χ3v) is 6.84. The number of hydrogen-bond donors (Lipinski definition) is 1. The zero-order valence-corrected chi connectivity index (χ0v) is 19.9. The molecule has 0 amide bonds. The number of likely N-dealkylation sites (tertiary alicyclic amines) is 1. The van der Waals surface area contributed by atoms with E-state index < -0.39 is 6.16 Å². The lowest BCUT2D eigenvalue weighted by atomic mass is 9.90. The third-order valence-electron chi connectivity index (χ3n) is 6.84. The third kappa shape index (κ3) is 6.38. The van der Waals surface area contributed by atoms with Gasteiger partial charge in [-0.1, -0.05) is 31.2 Å². The molecule has 33 heavy (non-hydrogen) atoms. The van der Waals surface area contributed by atoms with Gasteiger partial charge < -0.3 is 19.4 Å². The number of aromatic nitrogens is 1. The lowest BCUT2D eigenvalue weighted by Crippen LogP contribution is -2.36. The van der Waals surface area contributed by atoms with Crippen LogP contribution in [0.15, 0.2) is 48.7 Å². The molecular formula is C28H36N2O3. The van der Waals surface area contributed by atoms with Gasteiger partial charge in [0.2, 0.25) is 0 Å². The molecule has 0 saturated carbocycles. The summed E-state index contributed by atoms with van der Waals surface area (Å²) in [6.45, 7) is 5.83. The number of fused-ring (bicyclic) bond motifs is 1. The fraction of sp³-hybridized carbons (Fsp3) is 0.464. The summed E-state index contributed by atoms with van der Waals surface area (Å²) in [6, 6.07) is 14.9. The van der Waals surface area contributed by atoms with Crippen LogP contribution in [-0.2, 0) is 24.0 Å². The van der Waals surface area contributed by atoms with Crippen molar-refractivity contribution >= 4 is 17.1 Å². The zero-order valence-electron chi connectivity index (χ0n) is 19.9. The van der Waals surface area contributed by atoms with Crippen molar-refractivity contribution < 1.29 is 14.3 Å². The van der Waals surface area contributed by atoms with Crippen molar-refractivity contribution in [3.8, 4) is 5.75 Å². The van der Waals surface area contributed by atoms with E-state index >= 15 is 0 Å². The molecular weight excluding hydrogens is 412 g/mol. The fourth-order valence-corrected chi connectivity index (χ4v) is 4.98. The normalized spacial score (nSPS) is 16.7. The van der Waals surface area contributed by atoms with Crippen molar-refractivity contribution in [1.29, 1.82) is 0 Å². The number of aromatic amines is 1. The molecule has 1 unspecified atom stereocenters. The van der Waals surface area contributed by atoms with E-state index in [1.807, 2.05) is 12.1 Å². The van der Waals surface area contributed by atoms with Crippen LogP contribution in [0.5, 0.6) is 5.75 Å². The first-order valence-corrected chi connectivity index (χ1v) is 12.3. The highest BCUT2D eigenvalue weighted by Crippen LogP contribution is 2.26. The van der Waals surface area contributed by atoms with Crippen LogP contribution < -0.4 is 4.74 Å². The largest absolute Gasteiger partial charge is 0.513 e. The Kier molecular flexibility index (Phi) is 8.05. The number of ether oxygens (including phenoxy) is 2. The summed E-state index contributed by atoms with van der Waals surface area (Å²) in [6.07, 6.45) is 9.71. The number of H-pyrrole nitrogens is 1.